The summed E-state index contributed by atoms with van der Waals surface area (Å²) in [6.07, 6.45) is 1.60. The van der Waals surface area contributed by atoms with Crippen molar-refractivity contribution in [3.63, 3.8) is 0 Å². The van der Waals surface area contributed by atoms with Gasteiger partial charge in [0.25, 0.3) is 5.56 Å². The molecule has 3 rings (SSSR count). The molecule has 0 spiro atoms. The Balaban J connectivity index is 1.89. The number of aliphatic carboxylic acids is 1. The van der Waals surface area contributed by atoms with Crippen molar-refractivity contribution in [3.8, 4) is 0 Å². The number of carbonyl (C=O) groups is 1. The second-order valence-electron chi connectivity index (χ2n) is 5.38. The van der Waals surface area contributed by atoms with Crippen molar-refractivity contribution in [2.45, 2.75) is 25.8 Å². The maximum atomic E-state index is 12.1. The third kappa shape index (κ3) is 2.86. The molecular weight excluding hydrogens is 268 g/mol. The maximum absolute atomic E-state index is 12.1. The van der Waals surface area contributed by atoms with Gasteiger partial charge in [-0.3, -0.25) is 9.59 Å². The average Bonchev–Trinajstić information content (AvgIpc) is 2.48. The molecule has 1 atom stereocenters. The summed E-state index contributed by atoms with van der Waals surface area (Å²) in [5.74, 6) is -1.20. The number of carboxylic acids is 1. The Labute approximate surface area is 121 Å². The topological polar surface area (TPSA) is 72.2 Å². The van der Waals surface area contributed by atoms with Crippen LogP contribution < -0.4 is 5.56 Å². The van der Waals surface area contributed by atoms with E-state index in [1.165, 1.54) is 4.68 Å². The van der Waals surface area contributed by atoms with Gasteiger partial charge in [0, 0.05) is 6.07 Å². The van der Waals surface area contributed by atoms with Crippen LogP contribution in [0, 0.1) is 5.92 Å². The van der Waals surface area contributed by atoms with Gasteiger partial charge in [0.2, 0.25) is 0 Å². The molecular formula is C16H16N2O3. The SMILES string of the molecule is O=C(O)C1CCc2nn(Cc3ccccc3)c(=O)cc2C1. The normalized spacial score (nSPS) is 17.2. The van der Waals surface area contributed by atoms with Crippen LogP contribution in [0.1, 0.15) is 23.2 Å². The van der Waals surface area contributed by atoms with Gasteiger partial charge in [-0.05, 0) is 30.4 Å². The highest BCUT2D eigenvalue weighted by Crippen LogP contribution is 2.23. The number of nitrogens with zero attached hydrogens (tertiary/aromatic N) is 2. The fourth-order valence-electron chi connectivity index (χ4n) is 2.71. The summed E-state index contributed by atoms with van der Waals surface area (Å²) in [5.41, 5.74) is 2.47. The van der Waals surface area contributed by atoms with Crippen molar-refractivity contribution in [1.29, 1.82) is 0 Å². The van der Waals surface area contributed by atoms with Gasteiger partial charge in [-0.1, -0.05) is 30.3 Å². The molecule has 0 saturated carbocycles. The molecule has 0 bridgehead atoms. The minimum absolute atomic E-state index is 0.177. The lowest BCUT2D eigenvalue weighted by atomic mass is 9.87. The fourth-order valence-corrected chi connectivity index (χ4v) is 2.71. The molecule has 0 amide bonds. The molecule has 1 aliphatic rings. The highest BCUT2D eigenvalue weighted by Gasteiger charge is 2.25. The van der Waals surface area contributed by atoms with E-state index < -0.39 is 11.9 Å². The number of carboxylic acid groups (broad SMARTS) is 1. The quantitative estimate of drug-likeness (QED) is 0.926. The molecule has 1 heterocycles. The number of aromatic nitrogens is 2. The van der Waals surface area contributed by atoms with Gasteiger partial charge in [-0.2, -0.15) is 5.10 Å². The molecule has 0 saturated heterocycles. The zero-order valence-electron chi connectivity index (χ0n) is 11.5. The van der Waals surface area contributed by atoms with Crippen molar-refractivity contribution in [3.05, 3.63) is 63.6 Å². The van der Waals surface area contributed by atoms with Gasteiger partial charge >= 0.3 is 5.97 Å². The van der Waals surface area contributed by atoms with Crippen LogP contribution in [0.2, 0.25) is 0 Å². The standard InChI is InChI=1S/C16H16N2O3/c19-15-9-13-8-12(16(20)21)6-7-14(13)17-18(15)10-11-4-2-1-3-5-11/h1-5,9,12H,6-8,10H2,(H,20,21). The van der Waals surface area contributed by atoms with Crippen LogP contribution >= 0.6 is 0 Å². The zero-order chi connectivity index (χ0) is 14.8. The molecule has 1 N–H and O–H groups in total. The summed E-state index contributed by atoms with van der Waals surface area (Å²) in [6, 6.07) is 11.2. The minimum Gasteiger partial charge on any atom is -0.481 e. The van der Waals surface area contributed by atoms with E-state index >= 15 is 0 Å². The molecule has 1 aromatic carbocycles. The first-order chi connectivity index (χ1) is 10.1. The molecule has 0 aliphatic heterocycles. The highest BCUT2D eigenvalue weighted by molar-refractivity contribution is 5.70. The monoisotopic (exact) mass is 284 g/mol. The number of benzene rings is 1. The Morgan fingerprint density at radius 1 is 1.33 bits per heavy atom. The van der Waals surface area contributed by atoms with Gasteiger partial charge in [0.15, 0.2) is 0 Å². The Morgan fingerprint density at radius 2 is 2.10 bits per heavy atom. The van der Waals surface area contributed by atoms with Crippen molar-refractivity contribution >= 4 is 5.97 Å². The van der Waals surface area contributed by atoms with E-state index in [-0.39, 0.29) is 5.56 Å². The van der Waals surface area contributed by atoms with Crippen LogP contribution in [0.4, 0.5) is 0 Å². The highest BCUT2D eigenvalue weighted by atomic mass is 16.4. The van der Waals surface area contributed by atoms with Crippen LogP contribution in [0.25, 0.3) is 0 Å². The molecule has 108 valence electrons. The van der Waals surface area contributed by atoms with E-state index in [1.807, 2.05) is 30.3 Å². The van der Waals surface area contributed by atoms with E-state index in [9.17, 15) is 9.59 Å². The third-order valence-electron chi connectivity index (χ3n) is 3.88. The van der Waals surface area contributed by atoms with Crippen LogP contribution in [0.3, 0.4) is 0 Å². The first-order valence-electron chi connectivity index (χ1n) is 7.00. The molecule has 21 heavy (non-hydrogen) atoms. The van der Waals surface area contributed by atoms with Crippen LogP contribution in [-0.2, 0) is 24.2 Å². The van der Waals surface area contributed by atoms with Gasteiger partial charge < -0.3 is 5.11 Å². The van der Waals surface area contributed by atoms with E-state index in [2.05, 4.69) is 5.10 Å². The lowest BCUT2D eigenvalue weighted by molar-refractivity contribution is -0.142. The summed E-state index contributed by atoms with van der Waals surface area (Å²) in [7, 11) is 0. The van der Waals surface area contributed by atoms with Gasteiger partial charge in [0.05, 0.1) is 18.2 Å². The van der Waals surface area contributed by atoms with Crippen LogP contribution in [0.15, 0.2) is 41.2 Å². The molecule has 5 heteroatoms. The smallest absolute Gasteiger partial charge is 0.306 e. The second kappa shape index (κ2) is 5.52. The number of hydrogen-bond acceptors (Lipinski definition) is 3. The molecule has 1 aromatic heterocycles. The fraction of sp³-hybridized carbons (Fsp3) is 0.312. The average molecular weight is 284 g/mol. The summed E-state index contributed by atoms with van der Waals surface area (Å²) < 4.78 is 1.45. The molecule has 1 unspecified atom stereocenters. The van der Waals surface area contributed by atoms with Gasteiger partial charge in [-0.15, -0.1) is 0 Å². The minimum atomic E-state index is -0.797. The van der Waals surface area contributed by atoms with Crippen molar-refractivity contribution in [2.75, 3.05) is 0 Å². The molecule has 5 nitrogen and oxygen atoms in total. The molecule has 1 aliphatic carbocycles. The van der Waals surface area contributed by atoms with Crippen molar-refractivity contribution < 1.29 is 9.90 Å². The number of aryl methyl sites for hydroxylation is 1. The lowest BCUT2D eigenvalue weighted by Crippen LogP contribution is -2.30. The molecule has 0 radical (unpaired) electrons. The third-order valence-corrected chi connectivity index (χ3v) is 3.88. The first-order valence-corrected chi connectivity index (χ1v) is 7.00. The number of rotatable bonds is 3. The van der Waals surface area contributed by atoms with Crippen molar-refractivity contribution in [2.24, 2.45) is 5.92 Å². The first kappa shape index (κ1) is 13.5. The van der Waals surface area contributed by atoms with Gasteiger partial charge in [-0.25, -0.2) is 4.68 Å². The van der Waals surface area contributed by atoms with Crippen molar-refractivity contribution in [1.82, 2.24) is 9.78 Å². The zero-order valence-corrected chi connectivity index (χ0v) is 11.5. The number of fused-ring (bicyclic) bond motifs is 1. The summed E-state index contributed by atoms with van der Waals surface area (Å²) >= 11 is 0. The van der Waals surface area contributed by atoms with E-state index in [0.717, 1.165) is 16.8 Å². The largest absolute Gasteiger partial charge is 0.481 e. The second-order valence-corrected chi connectivity index (χ2v) is 5.38. The molecule has 0 fully saturated rings. The van der Waals surface area contributed by atoms with Crippen LogP contribution in [-0.4, -0.2) is 20.9 Å². The molecule has 2 aromatic rings. The summed E-state index contributed by atoms with van der Waals surface area (Å²) in [5, 5.41) is 13.5. The Kier molecular flexibility index (Phi) is 3.56. The Hall–Kier alpha value is -2.43. The predicted octanol–water partition coefficient (Wildman–Crippen LogP) is 1.48. The maximum Gasteiger partial charge on any atom is 0.306 e. The lowest BCUT2D eigenvalue weighted by Gasteiger charge is -2.21. The van der Waals surface area contributed by atoms with E-state index in [4.69, 9.17) is 5.11 Å². The summed E-state index contributed by atoms with van der Waals surface area (Å²) in [4.78, 5) is 23.2. The predicted molar refractivity (Wildman–Crippen MR) is 77.2 cm³/mol. The van der Waals surface area contributed by atoms with Crippen LogP contribution in [0.5, 0.6) is 0 Å². The summed E-state index contributed by atoms with van der Waals surface area (Å²) in [6.45, 7) is 0.440. The van der Waals surface area contributed by atoms with E-state index in [1.54, 1.807) is 6.07 Å². The Morgan fingerprint density at radius 3 is 2.81 bits per heavy atom. The van der Waals surface area contributed by atoms with E-state index in [0.29, 0.717) is 25.8 Å². The number of hydrogen-bond donors (Lipinski definition) is 1. The Bertz CT molecular complexity index is 722. The van der Waals surface area contributed by atoms with Gasteiger partial charge in [0.1, 0.15) is 0 Å².